The molecule has 0 aromatic carbocycles. The molecular formula is C13H25NO. The zero-order chi connectivity index (χ0) is 11.7. The molecule has 0 bridgehead atoms. The number of unbranched alkanes of at least 4 members (excludes halogenated alkanes) is 3. The van der Waals surface area contributed by atoms with E-state index in [-0.39, 0.29) is 5.91 Å². The molecule has 0 heterocycles. The molecule has 88 valence electrons. The van der Waals surface area contributed by atoms with Crippen LogP contribution in [0.2, 0.25) is 0 Å². The fourth-order valence-electron chi connectivity index (χ4n) is 1.58. The number of nitrogens with zero attached hydrogens (tertiary/aromatic N) is 1. The minimum Gasteiger partial charge on any atom is -0.339 e. The fraction of sp³-hybridized carbons (Fsp3) is 0.769. The Morgan fingerprint density at radius 1 is 1.07 bits per heavy atom. The summed E-state index contributed by atoms with van der Waals surface area (Å²) in [6.45, 7) is 11.5. The normalized spacial score (nSPS) is 10.1. The molecule has 0 rings (SSSR count). The van der Waals surface area contributed by atoms with Gasteiger partial charge < -0.3 is 4.90 Å². The third kappa shape index (κ3) is 6.32. The molecule has 0 aliphatic carbocycles. The smallest absolute Gasteiger partial charge is 0.248 e. The number of amides is 1. The molecule has 0 aliphatic rings. The molecule has 0 N–H and O–H groups in total. The Balaban J connectivity index is 3.93. The Kier molecular flexibility index (Phi) is 8.06. The van der Waals surface area contributed by atoms with Gasteiger partial charge in [-0.15, -0.1) is 0 Å². The Bertz CT molecular complexity index is 199. The molecule has 0 aromatic rings. The van der Waals surface area contributed by atoms with Gasteiger partial charge in [-0.25, -0.2) is 0 Å². The number of hydrogen-bond acceptors (Lipinski definition) is 1. The number of carbonyl (C=O) groups is 1. The quantitative estimate of drug-likeness (QED) is 0.445. The molecule has 0 aliphatic heterocycles. The van der Waals surface area contributed by atoms with Crippen molar-refractivity contribution in [2.75, 3.05) is 13.1 Å². The molecule has 15 heavy (non-hydrogen) atoms. The highest BCUT2D eigenvalue weighted by atomic mass is 16.2. The second-order valence-electron chi connectivity index (χ2n) is 4.13. The van der Waals surface area contributed by atoms with E-state index in [9.17, 15) is 4.79 Å². The van der Waals surface area contributed by atoms with Gasteiger partial charge in [0, 0.05) is 18.7 Å². The molecule has 0 spiro atoms. The predicted octanol–water partition coefficient (Wildman–Crippen LogP) is 3.38. The maximum atomic E-state index is 11.7. The summed E-state index contributed by atoms with van der Waals surface area (Å²) < 4.78 is 0. The summed E-state index contributed by atoms with van der Waals surface area (Å²) >= 11 is 0. The maximum Gasteiger partial charge on any atom is 0.248 e. The molecule has 0 radical (unpaired) electrons. The van der Waals surface area contributed by atoms with Crippen LogP contribution >= 0.6 is 0 Å². The average molecular weight is 211 g/mol. The van der Waals surface area contributed by atoms with E-state index in [1.165, 1.54) is 19.3 Å². The van der Waals surface area contributed by atoms with Gasteiger partial charge in [0.1, 0.15) is 0 Å². The van der Waals surface area contributed by atoms with E-state index >= 15 is 0 Å². The molecule has 0 saturated heterocycles. The van der Waals surface area contributed by atoms with Gasteiger partial charge >= 0.3 is 0 Å². The van der Waals surface area contributed by atoms with E-state index in [2.05, 4.69) is 20.4 Å². The van der Waals surface area contributed by atoms with E-state index in [4.69, 9.17) is 0 Å². The Morgan fingerprint density at radius 3 is 2.20 bits per heavy atom. The zero-order valence-corrected chi connectivity index (χ0v) is 10.5. The van der Waals surface area contributed by atoms with Crippen molar-refractivity contribution >= 4 is 5.91 Å². The van der Waals surface area contributed by atoms with Crippen molar-refractivity contribution in [3.05, 3.63) is 12.2 Å². The van der Waals surface area contributed by atoms with E-state index in [0.29, 0.717) is 5.57 Å². The third-order valence-corrected chi connectivity index (χ3v) is 2.43. The summed E-state index contributed by atoms with van der Waals surface area (Å²) in [5.41, 5.74) is 0.652. The lowest BCUT2D eigenvalue weighted by Crippen LogP contribution is -2.33. The van der Waals surface area contributed by atoms with Crippen LogP contribution in [-0.4, -0.2) is 23.9 Å². The Morgan fingerprint density at radius 2 is 1.73 bits per heavy atom. The summed E-state index contributed by atoms with van der Waals surface area (Å²) in [6.07, 6.45) is 5.86. The van der Waals surface area contributed by atoms with E-state index in [1.54, 1.807) is 6.92 Å². The minimum atomic E-state index is 0.119. The lowest BCUT2D eigenvalue weighted by atomic mass is 10.2. The first-order chi connectivity index (χ1) is 7.13. The van der Waals surface area contributed by atoms with Crippen LogP contribution in [0.25, 0.3) is 0 Å². The summed E-state index contributed by atoms with van der Waals surface area (Å²) in [7, 11) is 0. The SMILES string of the molecule is C=C(C)C(=O)N(CCC)CCCCCC. The van der Waals surface area contributed by atoms with Crippen LogP contribution in [0.4, 0.5) is 0 Å². The molecule has 0 aromatic heterocycles. The lowest BCUT2D eigenvalue weighted by molar-refractivity contribution is -0.127. The van der Waals surface area contributed by atoms with E-state index in [1.807, 2.05) is 4.90 Å². The lowest BCUT2D eigenvalue weighted by Gasteiger charge is -2.22. The van der Waals surface area contributed by atoms with Crippen molar-refractivity contribution < 1.29 is 4.79 Å². The number of hydrogen-bond donors (Lipinski definition) is 0. The van der Waals surface area contributed by atoms with Crippen molar-refractivity contribution in [2.24, 2.45) is 0 Å². The fourth-order valence-corrected chi connectivity index (χ4v) is 1.58. The molecule has 1 amide bonds. The van der Waals surface area contributed by atoms with Gasteiger partial charge in [0.05, 0.1) is 0 Å². The van der Waals surface area contributed by atoms with E-state index in [0.717, 1.165) is 25.9 Å². The van der Waals surface area contributed by atoms with Crippen LogP contribution in [0.3, 0.4) is 0 Å². The molecule has 0 saturated carbocycles. The summed E-state index contributed by atoms with van der Waals surface area (Å²) in [6, 6.07) is 0. The highest BCUT2D eigenvalue weighted by molar-refractivity contribution is 5.92. The van der Waals surface area contributed by atoms with E-state index < -0.39 is 0 Å². The highest BCUT2D eigenvalue weighted by Crippen LogP contribution is 2.05. The molecule has 0 unspecified atom stereocenters. The van der Waals surface area contributed by atoms with Crippen molar-refractivity contribution in [1.29, 1.82) is 0 Å². The average Bonchev–Trinajstić information content (AvgIpc) is 2.21. The molecular weight excluding hydrogens is 186 g/mol. The van der Waals surface area contributed by atoms with Gasteiger partial charge in [0.25, 0.3) is 0 Å². The van der Waals surface area contributed by atoms with Crippen LogP contribution in [-0.2, 0) is 4.79 Å². The van der Waals surface area contributed by atoms with Crippen molar-refractivity contribution in [2.45, 2.75) is 52.9 Å². The van der Waals surface area contributed by atoms with Gasteiger partial charge in [-0.05, 0) is 19.8 Å². The van der Waals surface area contributed by atoms with Crippen molar-refractivity contribution in [3.63, 3.8) is 0 Å². The standard InChI is InChI=1S/C13H25NO/c1-5-7-8-9-11-14(10-6-2)13(15)12(3)4/h3,5-11H2,1-2,4H3. The largest absolute Gasteiger partial charge is 0.339 e. The monoisotopic (exact) mass is 211 g/mol. The van der Waals surface area contributed by atoms with Gasteiger partial charge in [0.15, 0.2) is 0 Å². The van der Waals surface area contributed by atoms with Gasteiger partial charge in [0.2, 0.25) is 5.91 Å². The van der Waals surface area contributed by atoms with Crippen LogP contribution in [0, 0.1) is 0 Å². The summed E-state index contributed by atoms with van der Waals surface area (Å²) in [4.78, 5) is 13.7. The van der Waals surface area contributed by atoms with Crippen LogP contribution < -0.4 is 0 Å². The minimum absolute atomic E-state index is 0.119. The van der Waals surface area contributed by atoms with Crippen molar-refractivity contribution in [3.8, 4) is 0 Å². The van der Waals surface area contributed by atoms with Gasteiger partial charge in [-0.2, -0.15) is 0 Å². The van der Waals surface area contributed by atoms with Gasteiger partial charge in [-0.3, -0.25) is 4.79 Å². The number of rotatable bonds is 8. The second kappa shape index (κ2) is 8.51. The van der Waals surface area contributed by atoms with Crippen LogP contribution in [0.5, 0.6) is 0 Å². The van der Waals surface area contributed by atoms with Crippen molar-refractivity contribution in [1.82, 2.24) is 4.90 Å². The second-order valence-corrected chi connectivity index (χ2v) is 4.13. The molecule has 0 atom stereocenters. The zero-order valence-electron chi connectivity index (χ0n) is 10.5. The maximum absolute atomic E-state index is 11.7. The molecule has 2 nitrogen and oxygen atoms in total. The first-order valence-corrected chi connectivity index (χ1v) is 6.08. The summed E-state index contributed by atoms with van der Waals surface area (Å²) in [5.74, 6) is 0.119. The molecule has 0 fully saturated rings. The van der Waals surface area contributed by atoms with Crippen LogP contribution in [0.15, 0.2) is 12.2 Å². The Labute approximate surface area is 94.4 Å². The predicted molar refractivity (Wildman–Crippen MR) is 65.8 cm³/mol. The molecule has 2 heteroatoms. The Hall–Kier alpha value is -0.790. The topological polar surface area (TPSA) is 20.3 Å². The highest BCUT2D eigenvalue weighted by Gasteiger charge is 2.11. The first kappa shape index (κ1) is 14.2. The van der Waals surface area contributed by atoms with Crippen LogP contribution in [0.1, 0.15) is 52.9 Å². The number of carbonyl (C=O) groups excluding carboxylic acids is 1. The first-order valence-electron chi connectivity index (χ1n) is 6.08. The van der Waals surface area contributed by atoms with Gasteiger partial charge in [-0.1, -0.05) is 39.7 Å². The summed E-state index contributed by atoms with van der Waals surface area (Å²) in [5, 5.41) is 0. The third-order valence-electron chi connectivity index (χ3n) is 2.43.